The SMILES string of the molecule is Cc1ccc(S(=O)(=O)OC[C@H]2NC(=O)[C@H]2NC(=O)C(=N)c2nsc(NC(=O)OC(C)(C)C)n2)cc1. The highest BCUT2D eigenvalue weighted by Crippen LogP contribution is 2.17. The van der Waals surface area contributed by atoms with Crippen molar-refractivity contribution in [3.8, 4) is 0 Å². The summed E-state index contributed by atoms with van der Waals surface area (Å²) in [6.45, 7) is 6.45. The number of nitrogens with zero attached hydrogens (tertiary/aromatic N) is 2. The van der Waals surface area contributed by atoms with Gasteiger partial charge in [-0.25, -0.2) is 4.79 Å². The van der Waals surface area contributed by atoms with Crippen molar-refractivity contribution in [2.24, 2.45) is 0 Å². The van der Waals surface area contributed by atoms with E-state index < -0.39 is 58.0 Å². The molecule has 3 amide bonds. The maximum absolute atomic E-state index is 12.4. The number of amides is 3. The number of hydrogen-bond acceptors (Lipinski definition) is 11. The third-order valence-electron chi connectivity index (χ3n) is 4.50. The second-order valence-corrected chi connectivity index (χ2v) is 10.9. The summed E-state index contributed by atoms with van der Waals surface area (Å²) in [6, 6.07) is 4.10. The largest absolute Gasteiger partial charge is 0.444 e. The Morgan fingerprint density at radius 3 is 2.49 bits per heavy atom. The molecule has 2 heterocycles. The molecule has 35 heavy (non-hydrogen) atoms. The molecule has 188 valence electrons. The van der Waals surface area contributed by atoms with Crippen LogP contribution in [0.1, 0.15) is 32.2 Å². The Bertz CT molecular complexity index is 1250. The molecule has 13 nitrogen and oxygen atoms in total. The summed E-state index contributed by atoms with van der Waals surface area (Å²) in [5.74, 6) is -1.79. The lowest BCUT2D eigenvalue weighted by Crippen LogP contribution is -2.71. The van der Waals surface area contributed by atoms with E-state index in [9.17, 15) is 22.8 Å². The number of rotatable bonds is 8. The van der Waals surface area contributed by atoms with Crippen molar-refractivity contribution in [2.75, 3.05) is 11.9 Å². The fraction of sp³-hybridized carbons (Fsp3) is 0.400. The molecule has 0 bridgehead atoms. The van der Waals surface area contributed by atoms with Gasteiger partial charge in [0, 0.05) is 11.5 Å². The fourth-order valence-corrected chi connectivity index (χ4v) is 4.26. The van der Waals surface area contributed by atoms with Crippen LogP contribution in [-0.4, -0.2) is 65.7 Å². The minimum Gasteiger partial charge on any atom is -0.444 e. The van der Waals surface area contributed by atoms with E-state index in [2.05, 4.69) is 25.3 Å². The van der Waals surface area contributed by atoms with Crippen LogP contribution in [0.2, 0.25) is 0 Å². The van der Waals surface area contributed by atoms with Crippen molar-refractivity contribution in [3.05, 3.63) is 35.7 Å². The quantitative estimate of drug-likeness (QED) is 0.221. The number of carbonyl (C=O) groups is 3. The molecule has 1 saturated heterocycles. The molecule has 2 aromatic rings. The Hall–Kier alpha value is -3.43. The first kappa shape index (κ1) is 26.2. The molecule has 1 aliphatic heterocycles. The van der Waals surface area contributed by atoms with Gasteiger partial charge in [-0.15, -0.1) is 0 Å². The zero-order chi connectivity index (χ0) is 26.0. The van der Waals surface area contributed by atoms with E-state index in [0.717, 1.165) is 17.1 Å². The minimum absolute atomic E-state index is 0.0146. The van der Waals surface area contributed by atoms with E-state index in [0.29, 0.717) is 0 Å². The van der Waals surface area contributed by atoms with Crippen molar-refractivity contribution in [3.63, 3.8) is 0 Å². The van der Waals surface area contributed by atoms with Gasteiger partial charge in [-0.2, -0.15) is 17.8 Å². The summed E-state index contributed by atoms with van der Waals surface area (Å²) in [5.41, 5.74) is -0.499. The van der Waals surface area contributed by atoms with E-state index in [1.165, 1.54) is 12.1 Å². The second kappa shape index (κ2) is 10.1. The van der Waals surface area contributed by atoms with Crippen LogP contribution in [0.15, 0.2) is 29.2 Å². The highest BCUT2D eigenvalue weighted by atomic mass is 32.2. The van der Waals surface area contributed by atoms with Crippen molar-refractivity contribution < 1.29 is 31.7 Å². The van der Waals surface area contributed by atoms with Crippen molar-refractivity contribution in [1.82, 2.24) is 20.0 Å². The average molecular weight is 525 g/mol. The first-order valence-corrected chi connectivity index (χ1v) is 12.4. The molecule has 1 fully saturated rings. The molecule has 15 heteroatoms. The van der Waals surface area contributed by atoms with Crippen molar-refractivity contribution in [1.29, 1.82) is 5.41 Å². The molecular weight excluding hydrogens is 500 g/mol. The molecule has 4 N–H and O–H groups in total. The standard InChI is InChI=1S/C20H24N6O7S2/c1-10-5-7-11(8-6-10)35(30,31)32-9-12-14(17(28)22-12)23-16(27)13(21)15-24-18(34-26-15)25-19(29)33-20(2,3)4/h5-8,12,14,21H,9H2,1-4H3,(H,22,28)(H,23,27)(H,24,25,26,29)/t12-,14+/m1/s1. The number of β-lactam (4-membered cyclic amide) rings is 1. The Morgan fingerprint density at radius 2 is 1.89 bits per heavy atom. The number of benzene rings is 1. The highest BCUT2D eigenvalue weighted by molar-refractivity contribution is 7.86. The Morgan fingerprint density at radius 1 is 1.23 bits per heavy atom. The highest BCUT2D eigenvalue weighted by Gasteiger charge is 2.42. The number of aromatic nitrogens is 2. The van der Waals surface area contributed by atoms with Crippen LogP contribution in [0.25, 0.3) is 0 Å². The van der Waals surface area contributed by atoms with E-state index in [1.807, 2.05) is 6.92 Å². The van der Waals surface area contributed by atoms with Crippen molar-refractivity contribution >= 4 is 50.4 Å². The van der Waals surface area contributed by atoms with Gasteiger partial charge in [0.15, 0.2) is 11.5 Å². The number of carbonyl (C=O) groups excluding carboxylic acids is 3. The topological polar surface area (TPSA) is 190 Å². The third kappa shape index (κ3) is 6.80. The van der Waals surface area contributed by atoms with E-state index >= 15 is 0 Å². The smallest absolute Gasteiger partial charge is 0.414 e. The molecule has 0 unspecified atom stereocenters. The molecule has 0 spiro atoms. The lowest BCUT2D eigenvalue weighted by Gasteiger charge is -2.36. The van der Waals surface area contributed by atoms with Crippen LogP contribution in [-0.2, 0) is 28.6 Å². The number of aryl methyl sites for hydroxylation is 1. The Kier molecular flexibility index (Phi) is 7.52. The van der Waals surface area contributed by atoms with Gasteiger partial charge in [-0.3, -0.25) is 24.5 Å². The van der Waals surface area contributed by atoms with Gasteiger partial charge in [0.25, 0.3) is 16.0 Å². The van der Waals surface area contributed by atoms with Crippen LogP contribution in [0.4, 0.5) is 9.93 Å². The molecule has 1 aromatic carbocycles. The fourth-order valence-electron chi connectivity index (χ4n) is 2.76. The van der Waals surface area contributed by atoms with Gasteiger partial charge < -0.3 is 15.4 Å². The maximum atomic E-state index is 12.4. The minimum atomic E-state index is -4.07. The lowest BCUT2D eigenvalue weighted by atomic mass is 9.99. The zero-order valence-corrected chi connectivity index (χ0v) is 20.9. The molecule has 0 radical (unpaired) electrons. The maximum Gasteiger partial charge on any atom is 0.414 e. The van der Waals surface area contributed by atoms with E-state index in [4.69, 9.17) is 14.3 Å². The molecule has 3 rings (SSSR count). The predicted molar refractivity (Wildman–Crippen MR) is 125 cm³/mol. The Labute approximate surface area is 205 Å². The number of anilines is 1. The van der Waals surface area contributed by atoms with Crippen LogP contribution in [0.3, 0.4) is 0 Å². The zero-order valence-electron chi connectivity index (χ0n) is 19.2. The van der Waals surface area contributed by atoms with Gasteiger partial charge >= 0.3 is 6.09 Å². The first-order chi connectivity index (χ1) is 16.2. The van der Waals surface area contributed by atoms with Crippen LogP contribution in [0.5, 0.6) is 0 Å². The summed E-state index contributed by atoms with van der Waals surface area (Å²) < 4.78 is 38.6. The van der Waals surface area contributed by atoms with Crippen LogP contribution in [0, 0.1) is 12.3 Å². The summed E-state index contributed by atoms with van der Waals surface area (Å²) in [7, 11) is -4.07. The molecule has 0 saturated carbocycles. The number of nitrogens with one attached hydrogen (secondary N) is 4. The van der Waals surface area contributed by atoms with Gasteiger partial charge in [0.05, 0.1) is 17.5 Å². The summed E-state index contributed by atoms with van der Waals surface area (Å²) in [5, 5.41) is 15.2. The van der Waals surface area contributed by atoms with Gasteiger partial charge in [0.2, 0.25) is 11.0 Å². The van der Waals surface area contributed by atoms with Gasteiger partial charge in [-0.05, 0) is 39.8 Å². The lowest BCUT2D eigenvalue weighted by molar-refractivity contribution is -0.135. The first-order valence-electron chi connectivity index (χ1n) is 10.2. The number of hydrogen-bond donors (Lipinski definition) is 4. The van der Waals surface area contributed by atoms with Gasteiger partial charge in [-0.1, -0.05) is 17.7 Å². The van der Waals surface area contributed by atoms with E-state index in [1.54, 1.807) is 32.9 Å². The molecule has 1 aliphatic rings. The molecule has 1 aromatic heterocycles. The average Bonchev–Trinajstić information content (AvgIpc) is 3.21. The Balaban J connectivity index is 1.55. The van der Waals surface area contributed by atoms with Crippen LogP contribution < -0.4 is 16.0 Å². The van der Waals surface area contributed by atoms with E-state index in [-0.39, 0.29) is 15.9 Å². The monoisotopic (exact) mass is 524 g/mol. The van der Waals surface area contributed by atoms with Crippen molar-refractivity contribution in [2.45, 2.75) is 50.3 Å². The summed E-state index contributed by atoms with van der Waals surface area (Å²) in [4.78, 5) is 40.0. The predicted octanol–water partition coefficient (Wildman–Crippen LogP) is 0.950. The summed E-state index contributed by atoms with van der Waals surface area (Å²) in [6.07, 6.45) is -0.772. The third-order valence-corrected chi connectivity index (χ3v) is 6.42. The van der Waals surface area contributed by atoms with Gasteiger partial charge in [0.1, 0.15) is 11.6 Å². The molecule has 0 aliphatic carbocycles. The normalized spacial score (nSPS) is 17.7. The van der Waals surface area contributed by atoms with Crippen LogP contribution >= 0.6 is 11.5 Å². The molecular formula is C20H24N6O7S2. The molecule has 2 atom stereocenters. The summed E-state index contributed by atoms with van der Waals surface area (Å²) >= 11 is 0.739. The second-order valence-electron chi connectivity index (χ2n) is 8.54. The number of ether oxygens (including phenoxy) is 1.